The Morgan fingerprint density at radius 1 is 0.917 bits per heavy atom. The van der Waals surface area contributed by atoms with E-state index < -0.39 is 11.6 Å². The summed E-state index contributed by atoms with van der Waals surface area (Å²) >= 11 is 1.53. The number of nitrogens with zero attached hydrogens (tertiary/aromatic N) is 3. The fourth-order valence-corrected chi connectivity index (χ4v) is 6.11. The van der Waals surface area contributed by atoms with E-state index in [4.69, 9.17) is 9.73 Å². The quantitative estimate of drug-likeness (QED) is 0.523. The van der Waals surface area contributed by atoms with Crippen molar-refractivity contribution in [3.63, 3.8) is 0 Å². The van der Waals surface area contributed by atoms with Crippen LogP contribution in [0.2, 0.25) is 0 Å². The Kier molecular flexibility index (Phi) is 6.05. The maximum atomic E-state index is 14.3. The summed E-state index contributed by atoms with van der Waals surface area (Å²) in [6.07, 6.45) is 0. The van der Waals surface area contributed by atoms with Crippen LogP contribution < -0.4 is 15.0 Å². The Morgan fingerprint density at radius 2 is 1.61 bits per heavy atom. The summed E-state index contributed by atoms with van der Waals surface area (Å²) in [5.74, 6) is 0.640. The molecule has 0 radical (unpaired) electrons. The number of hydrogen-bond donors (Lipinski definition) is 1. The van der Waals surface area contributed by atoms with E-state index in [1.807, 2.05) is 30.3 Å². The first kappa shape index (κ1) is 22.9. The summed E-state index contributed by atoms with van der Waals surface area (Å²) in [6, 6.07) is 20.7. The van der Waals surface area contributed by atoms with Crippen LogP contribution in [0.4, 0.5) is 14.5 Å². The van der Waals surface area contributed by atoms with Gasteiger partial charge in [0.2, 0.25) is 0 Å². The van der Waals surface area contributed by atoms with Crippen LogP contribution >= 0.6 is 11.8 Å². The summed E-state index contributed by atoms with van der Waals surface area (Å²) in [4.78, 5) is 10.5. The molecule has 3 aliphatic heterocycles. The van der Waals surface area contributed by atoms with Crippen molar-refractivity contribution in [1.29, 1.82) is 0 Å². The number of benzene rings is 3. The Morgan fingerprint density at radius 3 is 2.33 bits per heavy atom. The number of rotatable bonds is 3. The molecule has 3 heterocycles. The number of piperazine rings is 1. The Balaban J connectivity index is 1.29. The van der Waals surface area contributed by atoms with E-state index in [-0.39, 0.29) is 6.04 Å². The Hall–Kier alpha value is -3.52. The van der Waals surface area contributed by atoms with Crippen LogP contribution in [-0.2, 0) is 0 Å². The lowest BCUT2D eigenvalue weighted by Crippen LogP contribution is -2.53. The molecule has 3 aliphatic rings. The second-order valence-electron chi connectivity index (χ2n) is 9.01. The molecule has 1 saturated heterocycles. The van der Waals surface area contributed by atoms with Crippen LogP contribution in [0.25, 0.3) is 5.70 Å². The standard InChI is InChI=1S/C28H26F2N4OS/c1-35-20-9-7-19(8-10-20)33-11-13-34(14-12-33)28-31-26(18-5-3-2-4-6-18)22-17-36-25-16-24(30)23(29)15-21(25)27(22)32-28/h2-10,15-16,26H,11-14,17H2,1H3,(H,31,32). The molecule has 1 atom stereocenters. The van der Waals surface area contributed by atoms with E-state index in [1.165, 1.54) is 23.9 Å². The molecule has 36 heavy (non-hydrogen) atoms. The normalized spacial score (nSPS) is 19.3. The highest BCUT2D eigenvalue weighted by Crippen LogP contribution is 2.44. The van der Waals surface area contributed by atoms with Gasteiger partial charge in [-0.1, -0.05) is 30.3 Å². The molecule has 0 aliphatic carbocycles. The molecule has 0 spiro atoms. The van der Waals surface area contributed by atoms with Crippen LogP contribution in [0.5, 0.6) is 5.75 Å². The minimum Gasteiger partial charge on any atom is -0.497 e. The van der Waals surface area contributed by atoms with E-state index in [0.29, 0.717) is 11.3 Å². The topological polar surface area (TPSA) is 40.1 Å². The van der Waals surface area contributed by atoms with E-state index in [2.05, 4.69) is 39.4 Å². The van der Waals surface area contributed by atoms with E-state index in [1.54, 1.807) is 7.11 Å². The molecule has 6 rings (SSSR count). The number of thioether (sulfide) groups is 1. The molecule has 0 aromatic heterocycles. The molecule has 8 heteroatoms. The van der Waals surface area contributed by atoms with Crippen molar-refractivity contribution in [2.24, 2.45) is 4.99 Å². The molecule has 5 nitrogen and oxygen atoms in total. The molecule has 1 fully saturated rings. The van der Waals surface area contributed by atoms with Gasteiger partial charge in [-0.15, -0.1) is 11.8 Å². The highest BCUT2D eigenvalue weighted by Gasteiger charge is 2.33. The number of methoxy groups -OCH3 is 1. The lowest BCUT2D eigenvalue weighted by molar-refractivity contribution is 0.374. The molecule has 0 bridgehead atoms. The van der Waals surface area contributed by atoms with Gasteiger partial charge in [0.25, 0.3) is 0 Å². The number of anilines is 1. The molecule has 1 unspecified atom stereocenters. The van der Waals surface area contributed by atoms with E-state index in [9.17, 15) is 8.78 Å². The van der Waals surface area contributed by atoms with Gasteiger partial charge in [-0.2, -0.15) is 0 Å². The Labute approximate surface area is 213 Å². The summed E-state index contributed by atoms with van der Waals surface area (Å²) < 4.78 is 33.6. The zero-order valence-corrected chi connectivity index (χ0v) is 20.7. The molecular weight excluding hydrogens is 478 g/mol. The van der Waals surface area contributed by atoms with E-state index >= 15 is 0 Å². The maximum absolute atomic E-state index is 14.3. The predicted octanol–water partition coefficient (Wildman–Crippen LogP) is 5.31. The molecule has 1 N–H and O–H groups in total. The first-order chi connectivity index (χ1) is 17.6. The smallest absolute Gasteiger partial charge is 0.199 e. The first-order valence-corrected chi connectivity index (χ1v) is 13.0. The zero-order valence-electron chi connectivity index (χ0n) is 19.9. The van der Waals surface area contributed by atoms with Gasteiger partial charge in [0.1, 0.15) is 11.8 Å². The summed E-state index contributed by atoms with van der Waals surface area (Å²) in [5, 5.41) is 3.52. The average Bonchev–Trinajstić information content (AvgIpc) is 2.94. The molecule has 0 saturated carbocycles. The number of guanidine groups is 1. The van der Waals surface area contributed by atoms with E-state index in [0.717, 1.165) is 65.3 Å². The van der Waals surface area contributed by atoms with Crippen molar-refractivity contribution >= 4 is 29.1 Å². The van der Waals surface area contributed by atoms with Gasteiger partial charge in [0.15, 0.2) is 17.6 Å². The van der Waals surface area contributed by atoms with Crippen LogP contribution in [0.1, 0.15) is 17.2 Å². The third-order valence-corrected chi connectivity index (χ3v) is 8.05. The van der Waals surface area contributed by atoms with Gasteiger partial charge in [-0.05, 0) is 47.5 Å². The molecule has 0 amide bonds. The summed E-state index contributed by atoms with van der Waals surface area (Å²) in [7, 11) is 1.67. The number of halogens is 2. The minimum atomic E-state index is -0.835. The summed E-state index contributed by atoms with van der Waals surface area (Å²) in [6.45, 7) is 3.28. The first-order valence-electron chi connectivity index (χ1n) is 12.0. The van der Waals surface area contributed by atoms with Crippen molar-refractivity contribution in [3.8, 4) is 5.75 Å². The third-order valence-electron chi connectivity index (χ3n) is 6.95. The third kappa shape index (κ3) is 4.19. The van der Waals surface area contributed by atoms with Gasteiger partial charge >= 0.3 is 0 Å². The highest BCUT2D eigenvalue weighted by atomic mass is 32.2. The van der Waals surface area contributed by atoms with Gasteiger partial charge in [0, 0.05) is 48.1 Å². The fourth-order valence-electron chi connectivity index (χ4n) is 4.99. The van der Waals surface area contributed by atoms with Crippen LogP contribution in [0.15, 0.2) is 82.2 Å². The average molecular weight is 505 g/mol. The van der Waals surface area contributed by atoms with Gasteiger partial charge < -0.3 is 19.9 Å². The monoisotopic (exact) mass is 504 g/mol. The fraction of sp³-hybridized carbons (Fsp3) is 0.250. The van der Waals surface area contributed by atoms with Gasteiger partial charge in [-0.3, -0.25) is 0 Å². The zero-order chi connectivity index (χ0) is 24.6. The lowest BCUT2D eigenvalue weighted by atomic mass is 9.94. The number of fused-ring (bicyclic) bond motifs is 2. The van der Waals surface area contributed by atoms with Crippen LogP contribution in [0, 0.1) is 11.6 Å². The van der Waals surface area contributed by atoms with Crippen molar-refractivity contribution in [1.82, 2.24) is 10.2 Å². The number of hydrogen-bond acceptors (Lipinski definition) is 6. The molecular formula is C28H26F2N4OS. The molecule has 3 aromatic rings. The lowest BCUT2D eigenvalue weighted by Gasteiger charge is -2.41. The van der Waals surface area contributed by atoms with Crippen molar-refractivity contribution in [3.05, 3.63) is 95.1 Å². The number of ether oxygens (including phenoxy) is 1. The van der Waals surface area contributed by atoms with Gasteiger partial charge in [0.05, 0.1) is 12.8 Å². The molecule has 184 valence electrons. The number of aliphatic imine (C=N–C) groups is 1. The maximum Gasteiger partial charge on any atom is 0.199 e. The van der Waals surface area contributed by atoms with Crippen molar-refractivity contribution in [2.75, 3.05) is 43.9 Å². The highest BCUT2D eigenvalue weighted by molar-refractivity contribution is 7.99. The SMILES string of the molecule is COc1ccc(N2CCN(C3=NC(c4ccccc4)C4=C(N3)c3cc(F)c(F)cc3SC4)CC2)cc1. The van der Waals surface area contributed by atoms with Crippen molar-refractivity contribution < 1.29 is 13.5 Å². The summed E-state index contributed by atoms with van der Waals surface area (Å²) in [5.41, 5.74) is 4.89. The van der Waals surface area contributed by atoms with Crippen LogP contribution in [-0.4, -0.2) is 49.9 Å². The minimum absolute atomic E-state index is 0.175. The largest absolute Gasteiger partial charge is 0.497 e. The molecule has 3 aromatic carbocycles. The van der Waals surface area contributed by atoms with Crippen LogP contribution in [0.3, 0.4) is 0 Å². The Bertz CT molecular complexity index is 1340. The second kappa shape index (κ2) is 9.50. The predicted molar refractivity (Wildman–Crippen MR) is 141 cm³/mol. The number of nitrogens with one attached hydrogen (secondary N) is 1. The van der Waals surface area contributed by atoms with Crippen molar-refractivity contribution in [2.45, 2.75) is 10.9 Å². The second-order valence-corrected chi connectivity index (χ2v) is 10.0. The van der Waals surface area contributed by atoms with Gasteiger partial charge in [-0.25, -0.2) is 13.8 Å².